The van der Waals surface area contributed by atoms with Gasteiger partial charge in [0.25, 0.3) is 0 Å². The van der Waals surface area contributed by atoms with Crippen LogP contribution < -0.4 is 10.5 Å². The molecule has 3 aromatic rings. The number of aromatic nitrogens is 1. The average molecular weight is 446 g/mol. The smallest absolute Gasteiger partial charge is 0.133 e. The number of hydrogen-bond donors (Lipinski definition) is 1. The molecule has 0 bridgehead atoms. The Balaban J connectivity index is 1.40. The van der Waals surface area contributed by atoms with Crippen LogP contribution in [0.25, 0.3) is 22.0 Å². The molecule has 2 aliphatic rings. The van der Waals surface area contributed by atoms with E-state index < -0.39 is 0 Å². The molecule has 0 amide bonds. The van der Waals surface area contributed by atoms with Crippen LogP contribution in [0.3, 0.4) is 0 Å². The van der Waals surface area contributed by atoms with E-state index in [1.165, 1.54) is 31.2 Å². The summed E-state index contributed by atoms with van der Waals surface area (Å²) in [5, 5.41) is 1.09. The van der Waals surface area contributed by atoms with Gasteiger partial charge in [-0.25, -0.2) is 0 Å². The average Bonchev–Trinajstić information content (AvgIpc) is 2.83. The molecule has 0 radical (unpaired) electrons. The van der Waals surface area contributed by atoms with Gasteiger partial charge in [0.15, 0.2) is 0 Å². The molecule has 2 heterocycles. The van der Waals surface area contributed by atoms with Gasteiger partial charge in [-0.05, 0) is 69.2 Å². The van der Waals surface area contributed by atoms with E-state index in [2.05, 4.69) is 55.3 Å². The van der Waals surface area contributed by atoms with Gasteiger partial charge >= 0.3 is 0 Å². The summed E-state index contributed by atoms with van der Waals surface area (Å²) in [6.45, 7) is 6.49. The maximum absolute atomic E-state index is 6.01. The molecule has 2 N–H and O–H groups in total. The van der Waals surface area contributed by atoms with Crippen molar-refractivity contribution in [2.75, 3.05) is 25.9 Å². The van der Waals surface area contributed by atoms with Gasteiger partial charge in [0, 0.05) is 47.5 Å². The van der Waals surface area contributed by atoms with Crippen molar-refractivity contribution in [3.63, 3.8) is 0 Å². The Morgan fingerprint density at radius 2 is 1.67 bits per heavy atom. The number of nitrogens with zero attached hydrogens (tertiary/aromatic N) is 2. The summed E-state index contributed by atoms with van der Waals surface area (Å²) in [4.78, 5) is 7.61. The third-order valence-electron chi connectivity index (χ3n) is 7.40. The summed E-state index contributed by atoms with van der Waals surface area (Å²) in [6, 6.07) is 15.0. The van der Waals surface area contributed by atoms with Gasteiger partial charge in [0.05, 0.1) is 24.8 Å². The number of para-hydroxylation sites is 1. The number of methoxy groups -OCH3 is 1. The highest BCUT2D eigenvalue weighted by Crippen LogP contribution is 2.43. The van der Waals surface area contributed by atoms with E-state index in [0.717, 1.165) is 46.6 Å². The van der Waals surface area contributed by atoms with E-state index >= 15 is 0 Å². The molecule has 5 heteroatoms. The minimum atomic E-state index is 0.325. The van der Waals surface area contributed by atoms with Gasteiger partial charge in [0.1, 0.15) is 5.75 Å². The number of rotatable bonds is 4. The third kappa shape index (κ3) is 4.44. The van der Waals surface area contributed by atoms with E-state index in [1.807, 2.05) is 12.1 Å². The summed E-state index contributed by atoms with van der Waals surface area (Å²) < 4.78 is 11.9. The number of morpholine rings is 1. The molecule has 0 spiro atoms. The van der Waals surface area contributed by atoms with Crippen molar-refractivity contribution in [3.05, 3.63) is 54.2 Å². The van der Waals surface area contributed by atoms with Crippen LogP contribution in [0.4, 0.5) is 5.69 Å². The summed E-state index contributed by atoms with van der Waals surface area (Å²) in [5.74, 6) is 1.47. The van der Waals surface area contributed by atoms with Gasteiger partial charge in [-0.3, -0.25) is 9.88 Å². The second kappa shape index (κ2) is 9.32. The van der Waals surface area contributed by atoms with Crippen LogP contribution in [0.1, 0.15) is 51.0 Å². The Bertz CT molecular complexity index is 1100. The molecular weight excluding hydrogens is 410 g/mol. The monoisotopic (exact) mass is 445 g/mol. The quantitative estimate of drug-likeness (QED) is 0.528. The van der Waals surface area contributed by atoms with Crippen LogP contribution in [-0.4, -0.2) is 48.3 Å². The normalized spacial score (nSPS) is 26.4. The van der Waals surface area contributed by atoms with Crippen LogP contribution in [0.5, 0.6) is 5.75 Å². The summed E-state index contributed by atoms with van der Waals surface area (Å²) in [6.07, 6.45) is 7.50. The Morgan fingerprint density at radius 1 is 0.970 bits per heavy atom. The second-order valence-electron chi connectivity index (χ2n) is 9.79. The Kier molecular flexibility index (Phi) is 6.26. The van der Waals surface area contributed by atoms with Crippen molar-refractivity contribution in [1.29, 1.82) is 0 Å². The number of ether oxygens (including phenoxy) is 2. The molecule has 1 aromatic heterocycles. The van der Waals surface area contributed by atoms with Crippen molar-refractivity contribution < 1.29 is 9.47 Å². The molecule has 174 valence electrons. The molecule has 1 aliphatic heterocycles. The fourth-order valence-electron chi connectivity index (χ4n) is 5.90. The first-order chi connectivity index (χ1) is 16.0. The minimum absolute atomic E-state index is 0.325. The van der Waals surface area contributed by atoms with Gasteiger partial charge in [-0.2, -0.15) is 0 Å². The molecule has 1 saturated carbocycles. The lowest BCUT2D eigenvalue weighted by Crippen LogP contribution is -2.50. The molecular formula is C28H35N3O2. The van der Waals surface area contributed by atoms with E-state index in [9.17, 15) is 0 Å². The van der Waals surface area contributed by atoms with Gasteiger partial charge < -0.3 is 15.2 Å². The van der Waals surface area contributed by atoms with Crippen molar-refractivity contribution in [1.82, 2.24) is 9.88 Å². The predicted molar refractivity (Wildman–Crippen MR) is 135 cm³/mol. The number of benzene rings is 2. The molecule has 2 aromatic carbocycles. The molecule has 2 atom stereocenters. The number of nitrogens with two attached hydrogens (primary N) is 1. The highest BCUT2D eigenvalue weighted by atomic mass is 16.5. The van der Waals surface area contributed by atoms with Crippen molar-refractivity contribution >= 4 is 16.6 Å². The Hall–Kier alpha value is -2.63. The molecule has 1 aliphatic carbocycles. The number of anilines is 1. The van der Waals surface area contributed by atoms with Crippen LogP contribution in [0, 0.1) is 0 Å². The fourth-order valence-corrected chi connectivity index (χ4v) is 5.90. The standard InChI is InChI=1S/C28H35N3O2/c1-18-16-31(17-19(2)33-18)23-13-9-21(10-14-23)26-15-30-27-24(20-7-11-22(29)12-8-20)5-4-6-25(27)28(26)32-3/h4-8,11-12,15,18-19,21,23H,9-10,13-14,16-17,29H2,1-3H3/t18-,19+,21?,23?. The van der Waals surface area contributed by atoms with E-state index in [-0.39, 0.29) is 0 Å². The van der Waals surface area contributed by atoms with E-state index in [0.29, 0.717) is 24.2 Å². The van der Waals surface area contributed by atoms with Crippen LogP contribution in [0.15, 0.2) is 48.7 Å². The van der Waals surface area contributed by atoms with Crippen molar-refractivity contribution in [2.24, 2.45) is 0 Å². The van der Waals surface area contributed by atoms with Crippen LogP contribution in [0.2, 0.25) is 0 Å². The molecule has 0 unspecified atom stereocenters. The zero-order valence-electron chi connectivity index (χ0n) is 20.0. The van der Waals surface area contributed by atoms with Crippen LogP contribution in [-0.2, 0) is 4.74 Å². The second-order valence-corrected chi connectivity index (χ2v) is 9.79. The summed E-state index contributed by atoms with van der Waals surface area (Å²) in [7, 11) is 1.79. The minimum Gasteiger partial charge on any atom is -0.496 e. The van der Waals surface area contributed by atoms with Gasteiger partial charge in [-0.15, -0.1) is 0 Å². The third-order valence-corrected chi connectivity index (χ3v) is 7.40. The number of hydrogen-bond acceptors (Lipinski definition) is 5. The SMILES string of the molecule is COc1c(C2CCC(N3C[C@@H](C)O[C@@H](C)C3)CC2)cnc2c(-c3ccc(N)cc3)cccc12. The number of nitrogen functional groups attached to an aromatic ring is 1. The lowest BCUT2D eigenvalue weighted by atomic mass is 9.80. The van der Waals surface area contributed by atoms with Crippen molar-refractivity contribution in [3.8, 4) is 16.9 Å². The van der Waals surface area contributed by atoms with Crippen molar-refractivity contribution in [2.45, 2.75) is 63.7 Å². The van der Waals surface area contributed by atoms with Gasteiger partial charge in [-0.1, -0.05) is 24.3 Å². The van der Waals surface area contributed by atoms with Gasteiger partial charge in [0.2, 0.25) is 0 Å². The first-order valence-corrected chi connectivity index (χ1v) is 12.2. The molecule has 1 saturated heterocycles. The van der Waals surface area contributed by atoms with E-state index in [1.54, 1.807) is 7.11 Å². The molecule has 5 rings (SSSR count). The maximum atomic E-state index is 6.01. The van der Waals surface area contributed by atoms with Crippen LogP contribution >= 0.6 is 0 Å². The molecule has 2 fully saturated rings. The summed E-state index contributed by atoms with van der Waals surface area (Å²) in [5.41, 5.74) is 11.1. The van der Waals surface area contributed by atoms with E-state index in [4.69, 9.17) is 20.2 Å². The first-order valence-electron chi connectivity index (χ1n) is 12.2. The summed E-state index contributed by atoms with van der Waals surface area (Å²) >= 11 is 0. The maximum Gasteiger partial charge on any atom is 0.133 e. The largest absolute Gasteiger partial charge is 0.496 e. The highest BCUT2D eigenvalue weighted by Gasteiger charge is 2.32. The zero-order valence-corrected chi connectivity index (χ0v) is 20.0. The molecule has 5 nitrogen and oxygen atoms in total. The highest BCUT2D eigenvalue weighted by molar-refractivity contribution is 5.97. The lowest BCUT2D eigenvalue weighted by molar-refractivity contribution is -0.0844. The Labute approximate surface area is 196 Å². The first kappa shape index (κ1) is 22.2. The zero-order chi connectivity index (χ0) is 22.9. The lowest BCUT2D eigenvalue weighted by Gasteiger charge is -2.43. The molecule has 33 heavy (non-hydrogen) atoms. The fraction of sp³-hybridized carbons (Fsp3) is 0.464. The predicted octanol–water partition coefficient (Wildman–Crippen LogP) is 5.63. The Morgan fingerprint density at radius 3 is 2.33 bits per heavy atom. The topological polar surface area (TPSA) is 60.6 Å². The number of pyridine rings is 1. The number of fused-ring (bicyclic) bond motifs is 1.